The van der Waals surface area contributed by atoms with E-state index < -0.39 is 0 Å². The maximum absolute atomic E-state index is 13.0. The van der Waals surface area contributed by atoms with Crippen LogP contribution in [0.2, 0.25) is 0 Å². The Labute approximate surface area is 151 Å². The molecule has 1 N–H and O–H groups in total. The zero-order valence-corrected chi connectivity index (χ0v) is 15.2. The van der Waals surface area contributed by atoms with E-state index in [2.05, 4.69) is 20.4 Å². The van der Waals surface area contributed by atoms with Gasteiger partial charge in [-0.2, -0.15) is 5.10 Å². The highest BCUT2D eigenvalue weighted by molar-refractivity contribution is 5.92. The first-order valence-corrected chi connectivity index (χ1v) is 8.26. The average Bonchev–Trinajstić information content (AvgIpc) is 2.84. The molecule has 0 fully saturated rings. The number of amides is 1. The highest BCUT2D eigenvalue weighted by Crippen LogP contribution is 2.18. The summed E-state index contributed by atoms with van der Waals surface area (Å²) in [5.41, 5.74) is 4.66. The van der Waals surface area contributed by atoms with Crippen LogP contribution in [-0.4, -0.2) is 25.7 Å². The first-order valence-electron chi connectivity index (χ1n) is 8.26. The summed E-state index contributed by atoms with van der Waals surface area (Å²) in [6.45, 7) is 7.55. The van der Waals surface area contributed by atoms with Crippen LogP contribution in [0.25, 0.3) is 5.95 Å². The molecule has 0 aliphatic rings. The Morgan fingerprint density at radius 3 is 2.31 bits per heavy atom. The Hall–Kier alpha value is -3.09. The van der Waals surface area contributed by atoms with Crippen LogP contribution in [0.1, 0.15) is 28.3 Å². The van der Waals surface area contributed by atoms with Gasteiger partial charge in [0.05, 0.1) is 12.1 Å². The van der Waals surface area contributed by atoms with Crippen molar-refractivity contribution in [3.63, 3.8) is 0 Å². The number of hydrogen-bond acceptors (Lipinski definition) is 4. The molecule has 0 radical (unpaired) electrons. The molecule has 0 aliphatic heterocycles. The molecule has 26 heavy (non-hydrogen) atoms. The predicted octanol–water partition coefficient (Wildman–Crippen LogP) is 3.22. The maximum Gasteiger partial charge on any atom is 0.251 e. The van der Waals surface area contributed by atoms with E-state index in [9.17, 15) is 9.18 Å². The molecule has 1 amide bonds. The van der Waals surface area contributed by atoms with Gasteiger partial charge in [0.25, 0.3) is 5.95 Å². The molecule has 0 atom stereocenters. The molecule has 1 aromatic carbocycles. The number of anilines is 1. The summed E-state index contributed by atoms with van der Waals surface area (Å²) >= 11 is 0. The zero-order chi connectivity index (χ0) is 18.8. The number of benzene rings is 1. The highest BCUT2D eigenvalue weighted by Gasteiger charge is 2.17. The number of carbonyl (C=O) groups is 1. The number of rotatable bonds is 4. The minimum atomic E-state index is -0.343. The lowest BCUT2D eigenvalue weighted by Gasteiger charge is -2.07. The van der Waals surface area contributed by atoms with Gasteiger partial charge in [0.15, 0.2) is 0 Å². The fourth-order valence-electron chi connectivity index (χ4n) is 2.83. The van der Waals surface area contributed by atoms with Crippen molar-refractivity contribution in [1.29, 1.82) is 0 Å². The molecule has 0 bridgehead atoms. The van der Waals surface area contributed by atoms with E-state index in [1.165, 1.54) is 24.3 Å². The fraction of sp³-hybridized carbons (Fsp3) is 0.263. The van der Waals surface area contributed by atoms with Crippen LogP contribution < -0.4 is 5.32 Å². The summed E-state index contributed by atoms with van der Waals surface area (Å²) < 4.78 is 14.6. The summed E-state index contributed by atoms with van der Waals surface area (Å²) in [4.78, 5) is 21.2. The lowest BCUT2D eigenvalue weighted by molar-refractivity contribution is -0.115. The lowest BCUT2D eigenvalue weighted by atomic mass is 10.1. The van der Waals surface area contributed by atoms with Gasteiger partial charge in [0, 0.05) is 28.3 Å². The molecule has 6 nitrogen and oxygen atoms in total. The molecule has 0 spiro atoms. The van der Waals surface area contributed by atoms with Crippen LogP contribution >= 0.6 is 0 Å². The van der Waals surface area contributed by atoms with Crippen molar-refractivity contribution in [3.8, 4) is 5.95 Å². The quantitative estimate of drug-likeness (QED) is 0.782. The van der Waals surface area contributed by atoms with Gasteiger partial charge < -0.3 is 5.32 Å². The summed E-state index contributed by atoms with van der Waals surface area (Å²) in [6.07, 6.45) is 0.167. The summed E-state index contributed by atoms with van der Waals surface area (Å²) in [7, 11) is 0. The van der Waals surface area contributed by atoms with Gasteiger partial charge >= 0.3 is 0 Å². The first-order chi connectivity index (χ1) is 12.3. The van der Waals surface area contributed by atoms with Crippen LogP contribution in [-0.2, 0) is 11.2 Å². The van der Waals surface area contributed by atoms with E-state index in [4.69, 9.17) is 0 Å². The molecule has 3 aromatic rings. The third kappa shape index (κ3) is 3.77. The third-order valence-corrected chi connectivity index (χ3v) is 4.07. The van der Waals surface area contributed by atoms with E-state index in [0.717, 1.165) is 28.3 Å². The van der Waals surface area contributed by atoms with Crippen molar-refractivity contribution in [2.24, 2.45) is 0 Å². The van der Waals surface area contributed by atoms with E-state index in [0.29, 0.717) is 11.6 Å². The predicted molar refractivity (Wildman–Crippen MR) is 96.8 cm³/mol. The first kappa shape index (κ1) is 17.7. The Morgan fingerprint density at radius 1 is 1.08 bits per heavy atom. The minimum Gasteiger partial charge on any atom is -0.326 e. The van der Waals surface area contributed by atoms with Crippen LogP contribution in [0.3, 0.4) is 0 Å². The van der Waals surface area contributed by atoms with E-state index in [1.807, 2.05) is 33.8 Å². The lowest BCUT2D eigenvalue weighted by Crippen LogP contribution is -2.15. The van der Waals surface area contributed by atoms with E-state index in [-0.39, 0.29) is 18.1 Å². The molecule has 0 saturated heterocycles. The number of nitrogens with zero attached hydrogens (tertiary/aromatic N) is 4. The number of aryl methyl sites for hydroxylation is 3. The molecule has 134 valence electrons. The Morgan fingerprint density at radius 2 is 1.69 bits per heavy atom. The molecular formula is C19H20FN5O. The monoisotopic (exact) mass is 353 g/mol. The van der Waals surface area contributed by atoms with Gasteiger partial charge in [-0.3, -0.25) is 4.79 Å². The molecule has 7 heteroatoms. The number of halogens is 1. The molecule has 0 saturated carbocycles. The SMILES string of the molecule is Cc1cc(C)nc(-n2nc(C)c(CC(=O)Nc3ccc(F)cc3)c2C)n1. The van der Waals surface area contributed by atoms with Gasteiger partial charge in [-0.1, -0.05) is 0 Å². The second-order valence-electron chi connectivity index (χ2n) is 6.24. The second-order valence-corrected chi connectivity index (χ2v) is 6.24. The maximum atomic E-state index is 13.0. The van der Waals surface area contributed by atoms with Gasteiger partial charge in [0.2, 0.25) is 5.91 Å². The molecule has 2 aromatic heterocycles. The van der Waals surface area contributed by atoms with Crippen molar-refractivity contribution in [3.05, 3.63) is 64.5 Å². The smallest absolute Gasteiger partial charge is 0.251 e. The summed E-state index contributed by atoms with van der Waals surface area (Å²) in [5, 5.41) is 7.26. The highest BCUT2D eigenvalue weighted by atomic mass is 19.1. The normalized spacial score (nSPS) is 10.8. The Kier molecular flexibility index (Phi) is 4.79. The standard InChI is InChI=1S/C19H20FN5O/c1-11-9-12(2)22-19(21-11)25-14(4)17(13(3)24-25)10-18(26)23-16-7-5-15(20)6-8-16/h5-9H,10H2,1-4H3,(H,23,26). The summed E-state index contributed by atoms with van der Waals surface area (Å²) in [5.74, 6) is -0.0404. The Balaban J connectivity index is 1.83. The van der Waals surface area contributed by atoms with E-state index >= 15 is 0 Å². The number of carbonyl (C=O) groups excluding carboxylic acids is 1. The second kappa shape index (κ2) is 7.03. The van der Waals surface area contributed by atoms with Crippen molar-refractivity contribution in [2.75, 3.05) is 5.32 Å². The van der Waals surface area contributed by atoms with Crippen molar-refractivity contribution in [1.82, 2.24) is 19.7 Å². The zero-order valence-electron chi connectivity index (χ0n) is 15.2. The van der Waals surface area contributed by atoms with Gasteiger partial charge in [-0.15, -0.1) is 0 Å². The molecule has 2 heterocycles. The van der Waals surface area contributed by atoms with Crippen molar-refractivity contribution >= 4 is 11.6 Å². The van der Waals surface area contributed by atoms with E-state index in [1.54, 1.807) is 4.68 Å². The Bertz CT molecular complexity index is 943. The van der Waals surface area contributed by atoms with Crippen LogP contribution in [0, 0.1) is 33.5 Å². The minimum absolute atomic E-state index is 0.167. The van der Waals surface area contributed by atoms with Crippen molar-refractivity contribution < 1.29 is 9.18 Å². The molecule has 0 unspecified atom stereocenters. The summed E-state index contributed by atoms with van der Waals surface area (Å²) in [6, 6.07) is 7.56. The fourth-order valence-corrected chi connectivity index (χ4v) is 2.83. The van der Waals surface area contributed by atoms with Crippen molar-refractivity contribution in [2.45, 2.75) is 34.1 Å². The number of hydrogen-bond donors (Lipinski definition) is 1. The number of nitrogens with one attached hydrogen (secondary N) is 1. The number of aromatic nitrogens is 4. The average molecular weight is 353 g/mol. The van der Waals surface area contributed by atoms with Gasteiger partial charge in [0.1, 0.15) is 5.82 Å². The van der Waals surface area contributed by atoms with Crippen LogP contribution in [0.15, 0.2) is 30.3 Å². The largest absolute Gasteiger partial charge is 0.326 e. The van der Waals surface area contributed by atoms with Gasteiger partial charge in [-0.25, -0.2) is 19.0 Å². The molecular weight excluding hydrogens is 333 g/mol. The third-order valence-electron chi connectivity index (χ3n) is 4.07. The van der Waals surface area contributed by atoms with Crippen LogP contribution in [0.4, 0.5) is 10.1 Å². The topological polar surface area (TPSA) is 72.7 Å². The molecule has 0 aliphatic carbocycles. The van der Waals surface area contributed by atoms with Crippen LogP contribution in [0.5, 0.6) is 0 Å². The van der Waals surface area contributed by atoms with Gasteiger partial charge in [-0.05, 0) is 58.0 Å². The molecule has 3 rings (SSSR count).